The van der Waals surface area contributed by atoms with E-state index >= 15 is 0 Å². The lowest BCUT2D eigenvalue weighted by Crippen LogP contribution is -2.20. The molecule has 0 unspecified atom stereocenters. The number of benzene rings is 1. The molecule has 0 atom stereocenters. The van der Waals surface area contributed by atoms with Gasteiger partial charge in [0.05, 0.1) is 0 Å². The molecule has 0 aromatic heterocycles. The summed E-state index contributed by atoms with van der Waals surface area (Å²) in [7, 11) is -5.18. The molecule has 0 saturated carbocycles. The number of hydrogen-bond donors (Lipinski definition) is 0. The van der Waals surface area contributed by atoms with E-state index in [9.17, 15) is 21.6 Å². The zero-order valence-electron chi connectivity index (χ0n) is 8.55. The number of alkyl halides is 3. The van der Waals surface area contributed by atoms with Crippen molar-refractivity contribution in [2.45, 2.75) is 5.51 Å². The van der Waals surface area contributed by atoms with Gasteiger partial charge in [0.2, 0.25) is 0 Å². The van der Waals surface area contributed by atoms with Gasteiger partial charge in [-0.25, -0.2) is 8.42 Å². The minimum atomic E-state index is -5.25. The highest BCUT2D eigenvalue weighted by atomic mass is 32.2. The highest BCUT2D eigenvalue weighted by Gasteiger charge is 2.43. The van der Waals surface area contributed by atoms with E-state index in [1.54, 1.807) is 30.3 Å². The van der Waals surface area contributed by atoms with Gasteiger partial charge in [0, 0.05) is 5.41 Å². The highest BCUT2D eigenvalue weighted by molar-refractivity contribution is 7.95. The molecule has 0 aliphatic rings. The van der Waals surface area contributed by atoms with Crippen molar-refractivity contribution < 1.29 is 21.6 Å². The first-order valence-corrected chi connectivity index (χ1v) is 6.09. The minimum absolute atomic E-state index is 0.131. The Kier molecular flexibility index (Phi) is 4.11. The topological polar surface area (TPSA) is 34.1 Å². The molecule has 0 fully saturated rings. The van der Waals surface area contributed by atoms with E-state index in [-0.39, 0.29) is 5.41 Å². The number of rotatable bonds is 3. The monoisotopic (exact) mass is 262 g/mol. The van der Waals surface area contributed by atoms with Gasteiger partial charge >= 0.3 is 5.51 Å². The Balaban J connectivity index is 2.73. The fourth-order valence-electron chi connectivity index (χ4n) is 0.957. The third-order valence-electron chi connectivity index (χ3n) is 1.78. The van der Waals surface area contributed by atoms with Gasteiger partial charge in [0.15, 0.2) is 0 Å². The molecule has 0 bridgehead atoms. The summed E-state index contributed by atoms with van der Waals surface area (Å²) >= 11 is 0. The van der Waals surface area contributed by atoms with Crippen LogP contribution in [0, 0.1) is 0 Å². The Bertz CT molecular complexity index is 513. The van der Waals surface area contributed by atoms with Crippen molar-refractivity contribution in [3.63, 3.8) is 0 Å². The molecule has 17 heavy (non-hydrogen) atoms. The van der Waals surface area contributed by atoms with E-state index in [0.717, 1.165) is 11.6 Å². The van der Waals surface area contributed by atoms with Crippen molar-refractivity contribution in [3.8, 4) is 0 Å². The smallest absolute Gasteiger partial charge is 0.215 e. The Labute approximate surface area is 97.0 Å². The molecule has 0 spiro atoms. The van der Waals surface area contributed by atoms with Gasteiger partial charge in [-0.3, -0.25) is 0 Å². The maximum atomic E-state index is 11.9. The molecule has 0 saturated heterocycles. The van der Waals surface area contributed by atoms with Crippen LogP contribution in [0.3, 0.4) is 0 Å². The van der Waals surface area contributed by atoms with Crippen LogP contribution >= 0.6 is 0 Å². The van der Waals surface area contributed by atoms with Crippen molar-refractivity contribution in [3.05, 3.63) is 53.5 Å². The van der Waals surface area contributed by atoms with Crippen LogP contribution in [0.4, 0.5) is 13.2 Å². The van der Waals surface area contributed by atoms with Crippen LogP contribution in [-0.2, 0) is 9.84 Å². The third kappa shape index (κ3) is 4.07. The maximum absolute atomic E-state index is 11.9. The van der Waals surface area contributed by atoms with Gasteiger partial charge in [-0.1, -0.05) is 48.6 Å². The van der Waals surface area contributed by atoms with Crippen molar-refractivity contribution >= 4 is 15.9 Å². The quantitative estimate of drug-likeness (QED) is 0.784. The lowest BCUT2D eigenvalue weighted by molar-refractivity contribution is -0.0423. The largest absolute Gasteiger partial charge is 0.501 e. The molecule has 1 aromatic carbocycles. The molecular weight excluding hydrogens is 253 g/mol. The van der Waals surface area contributed by atoms with E-state index in [1.165, 1.54) is 12.2 Å². The molecule has 0 heterocycles. The molecule has 1 aromatic rings. The van der Waals surface area contributed by atoms with Crippen LogP contribution in [0.15, 0.2) is 47.9 Å². The first kappa shape index (κ1) is 13.5. The summed E-state index contributed by atoms with van der Waals surface area (Å²) in [5.74, 6) is 0. The Morgan fingerprint density at radius 1 is 1.00 bits per heavy atom. The maximum Gasteiger partial charge on any atom is 0.501 e. The third-order valence-corrected chi connectivity index (χ3v) is 2.94. The molecule has 0 radical (unpaired) electrons. The predicted molar refractivity (Wildman–Crippen MR) is 59.6 cm³/mol. The molecule has 0 aliphatic carbocycles. The van der Waals surface area contributed by atoms with Crippen LogP contribution in [-0.4, -0.2) is 13.9 Å². The van der Waals surface area contributed by atoms with Crippen LogP contribution < -0.4 is 0 Å². The zero-order valence-corrected chi connectivity index (χ0v) is 9.37. The average molecular weight is 262 g/mol. The van der Waals surface area contributed by atoms with Crippen LogP contribution in [0.1, 0.15) is 5.56 Å². The van der Waals surface area contributed by atoms with Gasteiger partial charge < -0.3 is 0 Å². The summed E-state index contributed by atoms with van der Waals surface area (Å²) in [5, 5.41) is 0.131. The van der Waals surface area contributed by atoms with E-state index in [4.69, 9.17) is 0 Å². The summed E-state index contributed by atoms with van der Waals surface area (Å²) in [5.41, 5.74) is -4.48. The second-order valence-electron chi connectivity index (χ2n) is 3.09. The number of allylic oxidation sites excluding steroid dienone is 2. The number of halogens is 3. The molecule has 0 amide bonds. The normalized spacial score (nSPS) is 13.6. The zero-order chi connectivity index (χ0) is 12.9. The molecule has 6 heteroatoms. The van der Waals surface area contributed by atoms with Gasteiger partial charge in [-0.15, -0.1) is 0 Å². The van der Waals surface area contributed by atoms with E-state index in [2.05, 4.69) is 0 Å². The molecular formula is C11H9F3O2S. The summed E-state index contributed by atoms with van der Waals surface area (Å²) in [6, 6.07) is 8.79. The van der Waals surface area contributed by atoms with Crippen LogP contribution in [0.5, 0.6) is 0 Å². The summed E-state index contributed by atoms with van der Waals surface area (Å²) in [6.07, 6.45) is 3.58. The Morgan fingerprint density at radius 2 is 1.59 bits per heavy atom. The van der Waals surface area contributed by atoms with Gasteiger partial charge in [0.25, 0.3) is 9.84 Å². The molecule has 0 aliphatic heterocycles. The first-order chi connectivity index (χ1) is 7.83. The fraction of sp³-hybridized carbons (Fsp3) is 0.0909. The molecule has 1 rings (SSSR count). The summed E-state index contributed by atoms with van der Waals surface area (Å²) in [4.78, 5) is 0. The molecule has 0 N–H and O–H groups in total. The molecule has 2 nitrogen and oxygen atoms in total. The Hall–Kier alpha value is -1.56. The van der Waals surface area contributed by atoms with Crippen LogP contribution in [0.25, 0.3) is 6.08 Å². The Morgan fingerprint density at radius 3 is 2.12 bits per heavy atom. The lowest BCUT2D eigenvalue weighted by atomic mass is 10.2. The standard InChI is InChI=1S/C11H9F3O2S/c12-11(13,14)17(15,16)9-5-4-8-10-6-2-1-3-7-10/h1-9H/b8-4+,9-5+. The van der Waals surface area contributed by atoms with Crippen LogP contribution in [0.2, 0.25) is 0 Å². The van der Waals surface area contributed by atoms with E-state index in [0.29, 0.717) is 0 Å². The highest BCUT2D eigenvalue weighted by Crippen LogP contribution is 2.24. The summed E-state index contributed by atoms with van der Waals surface area (Å²) in [6.45, 7) is 0. The molecule has 92 valence electrons. The van der Waals surface area contributed by atoms with E-state index in [1.807, 2.05) is 0 Å². The predicted octanol–water partition coefficient (Wildman–Crippen LogP) is 3.15. The van der Waals surface area contributed by atoms with Crippen molar-refractivity contribution in [1.29, 1.82) is 0 Å². The van der Waals surface area contributed by atoms with Crippen molar-refractivity contribution in [2.24, 2.45) is 0 Å². The van der Waals surface area contributed by atoms with Gasteiger partial charge in [-0.2, -0.15) is 13.2 Å². The average Bonchev–Trinajstić information content (AvgIpc) is 2.24. The van der Waals surface area contributed by atoms with Crippen molar-refractivity contribution in [1.82, 2.24) is 0 Å². The number of sulfone groups is 1. The second-order valence-corrected chi connectivity index (χ2v) is 4.91. The minimum Gasteiger partial charge on any atom is -0.215 e. The van der Waals surface area contributed by atoms with E-state index < -0.39 is 15.3 Å². The lowest BCUT2D eigenvalue weighted by Gasteiger charge is -2.01. The number of hydrogen-bond acceptors (Lipinski definition) is 2. The van der Waals surface area contributed by atoms with Gasteiger partial charge in [0.1, 0.15) is 0 Å². The second kappa shape index (κ2) is 5.18. The SMILES string of the molecule is O=S(=O)(/C=C/C=C/c1ccccc1)C(F)(F)F. The fourth-order valence-corrected chi connectivity index (χ4v) is 1.41. The summed E-state index contributed by atoms with van der Waals surface area (Å²) < 4.78 is 57.0. The van der Waals surface area contributed by atoms with Crippen molar-refractivity contribution in [2.75, 3.05) is 0 Å². The van der Waals surface area contributed by atoms with Gasteiger partial charge in [-0.05, 0) is 5.56 Å². The first-order valence-electron chi connectivity index (χ1n) is 4.54.